The van der Waals surface area contributed by atoms with Crippen LogP contribution in [-0.2, 0) is 0 Å². The molecular formula is C25H18ClFN4OS. The number of allylic oxidation sites excluding steroid dienone is 1. The second-order valence-corrected chi connectivity index (χ2v) is 8.36. The molecule has 2 heterocycles. The van der Waals surface area contributed by atoms with Crippen molar-refractivity contribution in [2.45, 2.75) is 13.0 Å². The molecule has 3 aromatic carbocycles. The molecule has 0 amide bonds. The number of aromatic nitrogens is 2. The molecule has 1 N–H and O–H groups in total. The average Bonchev–Trinajstić information content (AvgIpc) is 3.30. The Hall–Kier alpha value is -3.55. The Morgan fingerprint density at radius 1 is 1.03 bits per heavy atom. The summed E-state index contributed by atoms with van der Waals surface area (Å²) in [5.41, 5.74) is 4.01. The second-order valence-electron chi connectivity index (χ2n) is 7.54. The molecule has 1 atom stereocenters. The topological polar surface area (TPSA) is 54.2 Å². The first-order valence-electron chi connectivity index (χ1n) is 10.2. The van der Waals surface area contributed by atoms with E-state index in [1.165, 1.54) is 12.1 Å². The number of nitrogens with one attached hydrogen (secondary N) is 1. The molecule has 5 nitrogen and oxygen atoms in total. The third-order valence-electron chi connectivity index (χ3n) is 5.44. The maximum absolute atomic E-state index is 13.6. The lowest BCUT2D eigenvalue weighted by atomic mass is 9.94. The van der Waals surface area contributed by atoms with Gasteiger partial charge in [-0.25, -0.2) is 4.39 Å². The first-order valence-corrected chi connectivity index (χ1v) is 11.0. The van der Waals surface area contributed by atoms with Crippen LogP contribution in [0.5, 0.6) is 0 Å². The summed E-state index contributed by atoms with van der Waals surface area (Å²) in [7, 11) is 0. The molecule has 0 spiro atoms. The van der Waals surface area contributed by atoms with E-state index in [1.807, 2.05) is 66.4 Å². The molecule has 164 valence electrons. The molecule has 8 heteroatoms. The van der Waals surface area contributed by atoms with E-state index < -0.39 is 0 Å². The van der Waals surface area contributed by atoms with Crippen LogP contribution in [0.3, 0.4) is 0 Å². The van der Waals surface area contributed by atoms with E-state index in [1.54, 1.807) is 12.1 Å². The lowest BCUT2D eigenvalue weighted by Crippen LogP contribution is -2.46. The number of halogens is 2. The van der Waals surface area contributed by atoms with Gasteiger partial charge in [0.1, 0.15) is 5.82 Å². The van der Waals surface area contributed by atoms with Crippen molar-refractivity contribution in [1.82, 2.24) is 15.5 Å². The lowest BCUT2D eigenvalue weighted by Gasteiger charge is -2.37. The van der Waals surface area contributed by atoms with Gasteiger partial charge in [0.25, 0.3) is 5.89 Å². The summed E-state index contributed by atoms with van der Waals surface area (Å²) in [4.78, 5) is 6.51. The molecule has 1 aliphatic heterocycles. The first-order chi connectivity index (χ1) is 16.0. The van der Waals surface area contributed by atoms with Crippen molar-refractivity contribution < 1.29 is 8.91 Å². The van der Waals surface area contributed by atoms with Crippen molar-refractivity contribution in [3.63, 3.8) is 0 Å². The van der Waals surface area contributed by atoms with E-state index in [0.29, 0.717) is 21.9 Å². The van der Waals surface area contributed by atoms with Gasteiger partial charge in [0.2, 0.25) is 5.82 Å². The van der Waals surface area contributed by atoms with Gasteiger partial charge in [0, 0.05) is 22.0 Å². The van der Waals surface area contributed by atoms with Crippen molar-refractivity contribution in [2.75, 3.05) is 4.90 Å². The smallest absolute Gasteiger partial charge is 0.258 e. The number of hydrogen-bond acceptors (Lipinski definition) is 4. The molecule has 0 bridgehead atoms. The van der Waals surface area contributed by atoms with E-state index in [-0.39, 0.29) is 11.9 Å². The van der Waals surface area contributed by atoms with Gasteiger partial charge < -0.3 is 9.84 Å². The first kappa shape index (κ1) is 21.3. The summed E-state index contributed by atoms with van der Waals surface area (Å²) < 4.78 is 19.3. The van der Waals surface area contributed by atoms with Crippen LogP contribution in [0.1, 0.15) is 24.4 Å². The second kappa shape index (κ2) is 8.77. The highest BCUT2D eigenvalue weighted by Gasteiger charge is 2.34. The molecule has 33 heavy (non-hydrogen) atoms. The van der Waals surface area contributed by atoms with Crippen LogP contribution < -0.4 is 10.2 Å². The summed E-state index contributed by atoms with van der Waals surface area (Å²) in [6.07, 6.45) is 0. The molecule has 4 aromatic rings. The largest absolute Gasteiger partial charge is 0.351 e. The van der Waals surface area contributed by atoms with E-state index >= 15 is 0 Å². The molecule has 1 unspecified atom stereocenters. The zero-order valence-corrected chi connectivity index (χ0v) is 19.1. The SMILES string of the molecule is CC1=C(c2nc(-c3ccccc3)no2)C(c2cccc(Cl)c2)NC(=S)N1c1ccc(F)cc1. The van der Waals surface area contributed by atoms with Gasteiger partial charge in [-0.1, -0.05) is 59.2 Å². The fourth-order valence-corrected chi connectivity index (χ4v) is 4.45. The van der Waals surface area contributed by atoms with Gasteiger partial charge in [0.15, 0.2) is 5.11 Å². The van der Waals surface area contributed by atoms with Crippen molar-refractivity contribution in [3.05, 3.63) is 107 Å². The van der Waals surface area contributed by atoms with Crippen molar-refractivity contribution in [3.8, 4) is 11.4 Å². The number of hydrogen-bond donors (Lipinski definition) is 1. The van der Waals surface area contributed by atoms with E-state index in [4.69, 9.17) is 28.3 Å². The third-order valence-corrected chi connectivity index (χ3v) is 5.98. The minimum atomic E-state index is -0.364. The molecule has 0 radical (unpaired) electrons. The normalized spacial score (nSPS) is 16.2. The summed E-state index contributed by atoms with van der Waals surface area (Å²) in [5.74, 6) is 0.522. The summed E-state index contributed by atoms with van der Waals surface area (Å²) in [6, 6.07) is 22.9. The molecular weight excluding hydrogens is 459 g/mol. The average molecular weight is 477 g/mol. The minimum absolute atomic E-state index is 0.322. The summed E-state index contributed by atoms with van der Waals surface area (Å²) >= 11 is 12.0. The highest BCUT2D eigenvalue weighted by Crippen LogP contribution is 2.39. The fourth-order valence-electron chi connectivity index (χ4n) is 3.89. The van der Waals surface area contributed by atoms with E-state index in [2.05, 4.69) is 15.5 Å². The monoisotopic (exact) mass is 476 g/mol. The fraction of sp³-hybridized carbons (Fsp3) is 0.0800. The molecule has 0 saturated carbocycles. The van der Waals surface area contributed by atoms with Crippen molar-refractivity contribution in [1.29, 1.82) is 0 Å². The zero-order valence-electron chi connectivity index (χ0n) is 17.5. The number of nitrogens with zero attached hydrogens (tertiary/aromatic N) is 3. The molecule has 1 aliphatic rings. The highest BCUT2D eigenvalue weighted by molar-refractivity contribution is 7.80. The zero-order chi connectivity index (χ0) is 22.9. The molecule has 0 aliphatic carbocycles. The van der Waals surface area contributed by atoms with Gasteiger partial charge in [-0.15, -0.1) is 0 Å². The molecule has 5 rings (SSSR count). The Bertz CT molecular complexity index is 1350. The standard InChI is InChI=1S/C25H18ClFN4OS/c1-15-21(24-29-23(30-32-24)16-6-3-2-4-7-16)22(17-8-5-9-18(26)14-17)28-25(33)31(15)20-12-10-19(27)11-13-20/h2-14,22H,1H3,(H,28,33). The predicted molar refractivity (Wildman–Crippen MR) is 131 cm³/mol. The van der Waals surface area contributed by atoms with Gasteiger partial charge in [-0.2, -0.15) is 4.98 Å². The van der Waals surface area contributed by atoms with Crippen LogP contribution in [0.25, 0.3) is 17.0 Å². The predicted octanol–water partition coefficient (Wildman–Crippen LogP) is 6.40. The van der Waals surface area contributed by atoms with Crippen LogP contribution in [0, 0.1) is 5.82 Å². The molecule has 1 aromatic heterocycles. The summed E-state index contributed by atoms with van der Waals surface area (Å²) in [5, 5.41) is 8.64. The molecule has 0 fully saturated rings. The third kappa shape index (κ3) is 4.13. The van der Waals surface area contributed by atoms with Gasteiger partial charge in [-0.05, 0) is 61.1 Å². The lowest BCUT2D eigenvalue weighted by molar-refractivity contribution is 0.404. The Balaban J connectivity index is 1.66. The Labute approximate surface area is 200 Å². The quantitative estimate of drug-likeness (QED) is 0.344. The van der Waals surface area contributed by atoms with Crippen LogP contribution in [0.15, 0.2) is 89.1 Å². The highest BCUT2D eigenvalue weighted by atomic mass is 35.5. The van der Waals surface area contributed by atoms with Crippen LogP contribution in [-0.4, -0.2) is 15.3 Å². The Morgan fingerprint density at radius 3 is 2.52 bits per heavy atom. The number of anilines is 1. The van der Waals surface area contributed by atoms with Gasteiger partial charge in [-0.3, -0.25) is 4.90 Å². The van der Waals surface area contributed by atoms with E-state index in [9.17, 15) is 4.39 Å². The molecule has 0 saturated heterocycles. The van der Waals surface area contributed by atoms with Crippen LogP contribution in [0.2, 0.25) is 5.02 Å². The summed E-state index contributed by atoms with van der Waals surface area (Å²) in [6.45, 7) is 1.93. The van der Waals surface area contributed by atoms with Gasteiger partial charge in [0.05, 0.1) is 11.6 Å². The maximum atomic E-state index is 13.6. The number of thiocarbonyl (C=S) groups is 1. The Morgan fingerprint density at radius 2 is 1.79 bits per heavy atom. The minimum Gasteiger partial charge on any atom is -0.351 e. The number of rotatable bonds is 4. The Kier molecular flexibility index (Phi) is 5.66. The maximum Gasteiger partial charge on any atom is 0.258 e. The van der Waals surface area contributed by atoms with Gasteiger partial charge >= 0.3 is 0 Å². The van der Waals surface area contributed by atoms with E-state index in [0.717, 1.165) is 28.1 Å². The van der Waals surface area contributed by atoms with Crippen LogP contribution >= 0.6 is 23.8 Å². The number of benzene rings is 3. The van der Waals surface area contributed by atoms with Crippen molar-refractivity contribution >= 4 is 40.2 Å². The van der Waals surface area contributed by atoms with Crippen molar-refractivity contribution in [2.24, 2.45) is 0 Å². The van der Waals surface area contributed by atoms with Crippen LogP contribution in [0.4, 0.5) is 10.1 Å².